The number of pyridine rings is 1. The standard InChI is InChI=1S/C30H36N6O2/c1-19-16-31-28-24(19)15-21(17-32-28)20-13-22-18-35(27-8-10-33-34(27)5)12-9-23(22)25(14-20)26-7-6-11-36(26)29(37)38-30(2,3)4/h8,10,13-17,26H,6-7,9,11-12,18H2,1-5H3,(H,31,32). The molecule has 1 aromatic carbocycles. The number of fused-ring (bicyclic) bond motifs is 2. The van der Waals surface area contributed by atoms with Crippen LogP contribution in [0, 0.1) is 6.92 Å². The molecule has 4 aromatic rings. The molecule has 1 amide bonds. The van der Waals surface area contributed by atoms with Crippen molar-refractivity contribution in [2.45, 2.75) is 65.1 Å². The fraction of sp³-hybridized carbons (Fsp3) is 0.433. The largest absolute Gasteiger partial charge is 0.444 e. The van der Waals surface area contributed by atoms with E-state index in [-0.39, 0.29) is 12.1 Å². The van der Waals surface area contributed by atoms with Gasteiger partial charge in [0.25, 0.3) is 0 Å². The summed E-state index contributed by atoms with van der Waals surface area (Å²) in [6.07, 6.45) is 8.41. The topological polar surface area (TPSA) is 79.3 Å². The van der Waals surface area contributed by atoms with E-state index in [4.69, 9.17) is 9.72 Å². The highest BCUT2D eigenvalue weighted by Crippen LogP contribution is 2.41. The first-order chi connectivity index (χ1) is 18.2. The number of benzene rings is 1. The van der Waals surface area contributed by atoms with Gasteiger partial charge in [0.05, 0.1) is 12.2 Å². The van der Waals surface area contributed by atoms with Gasteiger partial charge < -0.3 is 19.5 Å². The Morgan fingerprint density at radius 2 is 2.00 bits per heavy atom. The molecule has 0 radical (unpaired) electrons. The molecule has 1 fully saturated rings. The maximum atomic E-state index is 13.2. The number of amides is 1. The van der Waals surface area contributed by atoms with Gasteiger partial charge in [-0.25, -0.2) is 9.78 Å². The van der Waals surface area contributed by atoms with Crippen molar-refractivity contribution in [1.82, 2.24) is 24.6 Å². The van der Waals surface area contributed by atoms with Gasteiger partial charge in [-0.05, 0) is 93.0 Å². The van der Waals surface area contributed by atoms with E-state index in [0.717, 1.165) is 66.9 Å². The van der Waals surface area contributed by atoms with Gasteiger partial charge in [-0.15, -0.1) is 0 Å². The van der Waals surface area contributed by atoms with Crippen LogP contribution in [-0.2, 0) is 24.8 Å². The number of carbonyl (C=O) groups excluding carboxylic acids is 1. The van der Waals surface area contributed by atoms with E-state index >= 15 is 0 Å². The maximum Gasteiger partial charge on any atom is 0.410 e. The molecule has 198 valence electrons. The van der Waals surface area contributed by atoms with Crippen molar-refractivity contribution >= 4 is 22.9 Å². The number of nitrogens with zero attached hydrogens (tertiary/aromatic N) is 5. The molecule has 0 bridgehead atoms. The Kier molecular flexibility index (Phi) is 5.93. The van der Waals surface area contributed by atoms with Gasteiger partial charge in [0, 0.05) is 56.1 Å². The summed E-state index contributed by atoms with van der Waals surface area (Å²) in [6.45, 7) is 10.3. The number of carbonyl (C=O) groups is 1. The number of ether oxygens (including phenoxy) is 1. The highest BCUT2D eigenvalue weighted by atomic mass is 16.6. The number of rotatable bonds is 3. The number of nitrogens with one attached hydrogen (secondary N) is 1. The number of aryl methyl sites for hydroxylation is 2. The van der Waals surface area contributed by atoms with Gasteiger partial charge >= 0.3 is 6.09 Å². The van der Waals surface area contributed by atoms with Crippen LogP contribution in [0.2, 0.25) is 0 Å². The molecule has 1 saturated heterocycles. The van der Waals surface area contributed by atoms with E-state index < -0.39 is 5.60 Å². The lowest BCUT2D eigenvalue weighted by molar-refractivity contribution is 0.0224. The van der Waals surface area contributed by atoms with Gasteiger partial charge in [0.1, 0.15) is 17.1 Å². The smallest absolute Gasteiger partial charge is 0.410 e. The predicted molar refractivity (Wildman–Crippen MR) is 149 cm³/mol. The molecule has 1 atom stereocenters. The average Bonchev–Trinajstić information content (AvgIpc) is 3.62. The lowest BCUT2D eigenvalue weighted by Crippen LogP contribution is -2.37. The predicted octanol–water partition coefficient (Wildman–Crippen LogP) is 5.91. The van der Waals surface area contributed by atoms with Gasteiger partial charge in [0.15, 0.2) is 0 Å². The van der Waals surface area contributed by atoms with E-state index in [0.29, 0.717) is 0 Å². The molecule has 1 unspecified atom stereocenters. The third kappa shape index (κ3) is 4.42. The van der Waals surface area contributed by atoms with E-state index in [1.807, 2.05) is 56.0 Å². The summed E-state index contributed by atoms with van der Waals surface area (Å²) in [5.41, 5.74) is 7.69. The Morgan fingerprint density at radius 3 is 2.76 bits per heavy atom. The van der Waals surface area contributed by atoms with Crippen LogP contribution >= 0.6 is 0 Å². The molecule has 3 aromatic heterocycles. The van der Waals surface area contributed by atoms with E-state index in [2.05, 4.69) is 46.2 Å². The summed E-state index contributed by atoms with van der Waals surface area (Å²) in [7, 11) is 1.99. The zero-order valence-corrected chi connectivity index (χ0v) is 22.9. The molecule has 0 aliphatic carbocycles. The summed E-state index contributed by atoms with van der Waals surface area (Å²) in [5.74, 6) is 1.12. The normalized spacial score (nSPS) is 17.8. The third-order valence-electron chi connectivity index (χ3n) is 7.80. The minimum Gasteiger partial charge on any atom is -0.444 e. The Labute approximate surface area is 223 Å². The second-order valence-electron chi connectivity index (χ2n) is 11.6. The van der Waals surface area contributed by atoms with Crippen LogP contribution in [0.5, 0.6) is 0 Å². The summed E-state index contributed by atoms with van der Waals surface area (Å²) in [5, 5.41) is 5.52. The maximum absolute atomic E-state index is 13.2. The molecule has 8 heteroatoms. The highest BCUT2D eigenvalue weighted by molar-refractivity contribution is 5.84. The van der Waals surface area contributed by atoms with Crippen LogP contribution < -0.4 is 4.90 Å². The van der Waals surface area contributed by atoms with E-state index in [1.165, 1.54) is 22.3 Å². The zero-order chi connectivity index (χ0) is 26.6. The Balaban J connectivity index is 1.45. The van der Waals surface area contributed by atoms with Crippen molar-refractivity contribution < 1.29 is 9.53 Å². The first kappa shape index (κ1) is 24.5. The molecule has 2 aliphatic heterocycles. The number of hydrogen-bond donors (Lipinski definition) is 1. The fourth-order valence-corrected chi connectivity index (χ4v) is 5.99. The lowest BCUT2D eigenvalue weighted by atomic mass is 9.86. The number of anilines is 1. The first-order valence-electron chi connectivity index (χ1n) is 13.5. The highest BCUT2D eigenvalue weighted by Gasteiger charge is 2.36. The molecular weight excluding hydrogens is 476 g/mol. The number of hydrogen-bond acceptors (Lipinski definition) is 5. The van der Waals surface area contributed by atoms with E-state index in [9.17, 15) is 4.79 Å². The Bertz CT molecular complexity index is 1510. The van der Waals surface area contributed by atoms with Crippen LogP contribution in [0.3, 0.4) is 0 Å². The van der Waals surface area contributed by atoms with Crippen LogP contribution in [0.15, 0.2) is 42.9 Å². The van der Waals surface area contributed by atoms with Crippen molar-refractivity contribution in [1.29, 1.82) is 0 Å². The molecule has 8 nitrogen and oxygen atoms in total. The molecule has 2 aliphatic rings. The minimum absolute atomic E-state index is 0.00693. The van der Waals surface area contributed by atoms with Crippen LogP contribution in [0.25, 0.3) is 22.2 Å². The number of H-pyrrole nitrogens is 1. The van der Waals surface area contributed by atoms with Crippen LogP contribution in [-0.4, -0.2) is 49.4 Å². The van der Waals surface area contributed by atoms with E-state index in [1.54, 1.807) is 0 Å². The Morgan fingerprint density at radius 1 is 1.16 bits per heavy atom. The number of likely N-dealkylation sites (tertiary alicyclic amines) is 1. The van der Waals surface area contributed by atoms with Crippen molar-refractivity contribution in [3.63, 3.8) is 0 Å². The molecular formula is C30H36N6O2. The second-order valence-corrected chi connectivity index (χ2v) is 11.6. The molecule has 0 spiro atoms. The summed E-state index contributed by atoms with van der Waals surface area (Å²) >= 11 is 0. The minimum atomic E-state index is -0.523. The lowest BCUT2D eigenvalue weighted by Gasteiger charge is -2.35. The molecule has 5 heterocycles. The van der Waals surface area contributed by atoms with Gasteiger partial charge in [-0.1, -0.05) is 0 Å². The third-order valence-corrected chi connectivity index (χ3v) is 7.80. The average molecular weight is 513 g/mol. The van der Waals surface area contributed by atoms with Crippen molar-refractivity contribution in [2.75, 3.05) is 18.0 Å². The monoisotopic (exact) mass is 512 g/mol. The molecule has 0 saturated carbocycles. The van der Waals surface area contributed by atoms with Crippen LogP contribution in [0.4, 0.5) is 10.6 Å². The van der Waals surface area contributed by atoms with Gasteiger partial charge in [0.2, 0.25) is 0 Å². The summed E-state index contributed by atoms with van der Waals surface area (Å²) in [6, 6.07) is 8.92. The summed E-state index contributed by atoms with van der Waals surface area (Å²) in [4.78, 5) is 25.5. The molecule has 6 rings (SSSR count). The molecule has 38 heavy (non-hydrogen) atoms. The Hall–Kier alpha value is -3.81. The van der Waals surface area contributed by atoms with Gasteiger partial charge in [-0.3, -0.25) is 4.68 Å². The SMILES string of the molecule is Cc1c[nH]c2ncc(-c3cc4c(c(C5CCCN5C(=O)OC(C)(C)C)c3)CCN(c3ccnn3C)C4)cc12. The fourth-order valence-electron chi connectivity index (χ4n) is 5.99. The first-order valence-corrected chi connectivity index (χ1v) is 13.5. The van der Waals surface area contributed by atoms with Gasteiger partial charge in [-0.2, -0.15) is 5.10 Å². The number of aromatic amines is 1. The van der Waals surface area contributed by atoms with Crippen molar-refractivity contribution in [3.05, 3.63) is 65.1 Å². The zero-order valence-electron chi connectivity index (χ0n) is 22.9. The molecule has 1 N–H and O–H groups in total. The second kappa shape index (κ2) is 9.19. The number of aromatic nitrogens is 4. The van der Waals surface area contributed by atoms with Crippen molar-refractivity contribution in [3.8, 4) is 11.1 Å². The van der Waals surface area contributed by atoms with Crippen molar-refractivity contribution in [2.24, 2.45) is 7.05 Å². The quantitative estimate of drug-likeness (QED) is 0.369. The summed E-state index contributed by atoms with van der Waals surface area (Å²) < 4.78 is 7.75. The van der Waals surface area contributed by atoms with Crippen LogP contribution in [0.1, 0.15) is 61.9 Å².